The van der Waals surface area contributed by atoms with Crippen LogP contribution in [0, 0.1) is 0 Å². The number of carbonyl (C=O) groups is 1. The van der Waals surface area contributed by atoms with E-state index in [1.807, 2.05) is 48.5 Å². The van der Waals surface area contributed by atoms with E-state index in [9.17, 15) is 9.59 Å². The van der Waals surface area contributed by atoms with Gasteiger partial charge in [-0.05, 0) is 37.3 Å². The van der Waals surface area contributed by atoms with Crippen LogP contribution in [-0.2, 0) is 0 Å². The highest BCUT2D eigenvalue weighted by Gasteiger charge is 2.28. The molecule has 4 aromatic rings. The van der Waals surface area contributed by atoms with Gasteiger partial charge >= 0.3 is 0 Å². The maximum Gasteiger partial charge on any atom is 0.279 e. The van der Waals surface area contributed by atoms with Crippen LogP contribution in [-0.4, -0.2) is 53.4 Å². The molecule has 0 spiro atoms. The lowest BCUT2D eigenvalue weighted by Gasteiger charge is -2.37. The minimum atomic E-state index is -0.258. The number of likely N-dealkylation sites (N-methyl/N-ethyl adjacent to an activating group) is 2. The highest BCUT2D eigenvalue weighted by molar-refractivity contribution is 6.04. The van der Waals surface area contributed by atoms with Crippen molar-refractivity contribution in [2.75, 3.05) is 31.6 Å². The predicted molar refractivity (Wildman–Crippen MR) is 133 cm³/mol. The third-order valence-corrected chi connectivity index (χ3v) is 6.14. The van der Waals surface area contributed by atoms with E-state index in [4.69, 9.17) is 4.74 Å². The summed E-state index contributed by atoms with van der Waals surface area (Å²) in [6, 6.07) is 24.2. The second kappa shape index (κ2) is 9.02. The Labute approximate surface area is 197 Å². The van der Waals surface area contributed by atoms with Gasteiger partial charge in [-0.25, -0.2) is 0 Å². The molecule has 1 aromatic heterocycles. The SMILES string of the molecule is CCN1C[C@@H](CN(C)C(=O)c2nn(-c3ccccc3)c(=O)c3ccccc23)Oc2ccccc21. The van der Waals surface area contributed by atoms with Crippen LogP contribution >= 0.6 is 0 Å². The molecule has 0 unspecified atom stereocenters. The van der Waals surface area contributed by atoms with Crippen molar-refractivity contribution in [3.8, 4) is 11.4 Å². The Morgan fingerprint density at radius 2 is 1.68 bits per heavy atom. The van der Waals surface area contributed by atoms with Crippen molar-refractivity contribution in [1.82, 2.24) is 14.7 Å². The molecule has 0 saturated heterocycles. The summed E-state index contributed by atoms with van der Waals surface area (Å²) in [5.74, 6) is 0.564. The van der Waals surface area contributed by atoms with Crippen LogP contribution in [0.2, 0.25) is 0 Å². The van der Waals surface area contributed by atoms with E-state index >= 15 is 0 Å². The summed E-state index contributed by atoms with van der Waals surface area (Å²) in [7, 11) is 1.75. The number of aromatic nitrogens is 2. The first-order chi connectivity index (χ1) is 16.6. The number of anilines is 1. The van der Waals surface area contributed by atoms with Crippen molar-refractivity contribution in [3.63, 3.8) is 0 Å². The molecule has 7 heteroatoms. The summed E-state index contributed by atoms with van der Waals surface area (Å²) in [5.41, 5.74) is 1.66. The van der Waals surface area contributed by atoms with Gasteiger partial charge in [0.2, 0.25) is 0 Å². The summed E-state index contributed by atoms with van der Waals surface area (Å²) in [6.07, 6.45) is -0.185. The molecule has 1 atom stereocenters. The van der Waals surface area contributed by atoms with Gasteiger partial charge in [-0.1, -0.05) is 48.5 Å². The molecular weight excluding hydrogens is 428 g/mol. The van der Waals surface area contributed by atoms with Crippen LogP contribution in [0.15, 0.2) is 83.7 Å². The third-order valence-electron chi connectivity index (χ3n) is 6.14. The molecule has 0 aliphatic carbocycles. The standard InChI is InChI=1S/C27H26N4O3/c1-3-30-18-20(34-24-16-10-9-15-23(24)30)17-29(2)27(33)25-21-13-7-8-14-22(21)26(32)31(28-25)19-11-5-4-6-12-19/h4-16,20H,3,17-18H2,1-2H3/t20-/m1/s1. The second-order valence-electron chi connectivity index (χ2n) is 8.38. The molecule has 0 bridgehead atoms. The molecule has 0 N–H and O–H groups in total. The van der Waals surface area contributed by atoms with Crippen molar-refractivity contribution < 1.29 is 9.53 Å². The predicted octanol–water partition coefficient (Wildman–Crippen LogP) is 3.75. The maximum atomic E-state index is 13.6. The average molecular weight is 455 g/mol. The Hall–Kier alpha value is -4.13. The summed E-state index contributed by atoms with van der Waals surface area (Å²) < 4.78 is 7.51. The summed E-state index contributed by atoms with van der Waals surface area (Å²) in [6.45, 7) is 4.03. The number of carbonyl (C=O) groups excluding carboxylic acids is 1. The van der Waals surface area contributed by atoms with Crippen molar-refractivity contribution in [1.29, 1.82) is 0 Å². The number of para-hydroxylation sites is 3. The van der Waals surface area contributed by atoms with Gasteiger partial charge in [0.15, 0.2) is 5.69 Å². The molecule has 1 amide bonds. The van der Waals surface area contributed by atoms with E-state index in [0.29, 0.717) is 29.5 Å². The molecule has 34 heavy (non-hydrogen) atoms. The molecule has 172 valence electrons. The summed E-state index contributed by atoms with van der Waals surface area (Å²) in [5, 5.41) is 5.51. The lowest BCUT2D eigenvalue weighted by atomic mass is 10.1. The van der Waals surface area contributed by atoms with E-state index in [-0.39, 0.29) is 23.3 Å². The van der Waals surface area contributed by atoms with Crippen LogP contribution in [0.1, 0.15) is 17.4 Å². The van der Waals surface area contributed by atoms with Gasteiger partial charge in [-0.2, -0.15) is 9.78 Å². The molecule has 1 aliphatic heterocycles. The number of rotatable bonds is 5. The first-order valence-corrected chi connectivity index (χ1v) is 11.4. The lowest BCUT2D eigenvalue weighted by Crippen LogP contribution is -2.47. The maximum absolute atomic E-state index is 13.6. The molecule has 1 aliphatic rings. The number of nitrogens with zero attached hydrogens (tertiary/aromatic N) is 4. The molecule has 7 nitrogen and oxygen atoms in total. The molecule has 0 saturated carbocycles. The van der Waals surface area contributed by atoms with Gasteiger partial charge in [0.05, 0.1) is 29.9 Å². The molecule has 5 rings (SSSR count). The normalized spacial score (nSPS) is 15.0. The van der Waals surface area contributed by atoms with Crippen LogP contribution in [0.25, 0.3) is 16.5 Å². The minimum absolute atomic E-state index is 0.185. The number of fused-ring (bicyclic) bond motifs is 2. The van der Waals surface area contributed by atoms with Gasteiger partial charge in [-0.15, -0.1) is 0 Å². The highest BCUT2D eigenvalue weighted by Crippen LogP contribution is 2.33. The quantitative estimate of drug-likeness (QED) is 0.460. The van der Waals surface area contributed by atoms with Crippen molar-refractivity contribution >= 4 is 22.4 Å². The highest BCUT2D eigenvalue weighted by atomic mass is 16.5. The third kappa shape index (κ3) is 3.90. The largest absolute Gasteiger partial charge is 0.485 e. The fourth-order valence-electron chi connectivity index (χ4n) is 4.43. The number of benzene rings is 3. The van der Waals surface area contributed by atoms with Crippen LogP contribution < -0.4 is 15.2 Å². The van der Waals surface area contributed by atoms with Crippen LogP contribution in [0.5, 0.6) is 5.75 Å². The van der Waals surface area contributed by atoms with E-state index in [0.717, 1.165) is 18.0 Å². The molecular formula is C27H26N4O3. The minimum Gasteiger partial charge on any atom is -0.485 e. The van der Waals surface area contributed by atoms with Gasteiger partial charge in [0.25, 0.3) is 11.5 Å². The van der Waals surface area contributed by atoms with Gasteiger partial charge in [0, 0.05) is 19.0 Å². The van der Waals surface area contributed by atoms with Crippen molar-refractivity contribution in [3.05, 3.63) is 94.9 Å². The zero-order valence-electron chi connectivity index (χ0n) is 19.2. The van der Waals surface area contributed by atoms with E-state index in [1.54, 1.807) is 42.3 Å². The second-order valence-corrected chi connectivity index (χ2v) is 8.38. The topological polar surface area (TPSA) is 67.7 Å². The van der Waals surface area contributed by atoms with Crippen LogP contribution in [0.3, 0.4) is 0 Å². The first-order valence-electron chi connectivity index (χ1n) is 11.4. The lowest BCUT2D eigenvalue weighted by molar-refractivity contribution is 0.0704. The van der Waals surface area contributed by atoms with Crippen LogP contribution in [0.4, 0.5) is 5.69 Å². The Morgan fingerprint density at radius 1 is 1.00 bits per heavy atom. The molecule has 0 fully saturated rings. The summed E-state index contributed by atoms with van der Waals surface area (Å²) >= 11 is 0. The van der Waals surface area contributed by atoms with E-state index < -0.39 is 0 Å². The molecule has 3 aromatic carbocycles. The fraction of sp³-hybridized carbons (Fsp3) is 0.222. The van der Waals surface area contributed by atoms with E-state index in [2.05, 4.69) is 16.9 Å². The van der Waals surface area contributed by atoms with Crippen molar-refractivity contribution in [2.24, 2.45) is 0 Å². The zero-order chi connectivity index (χ0) is 23.7. The van der Waals surface area contributed by atoms with Gasteiger partial charge < -0.3 is 14.5 Å². The molecule has 2 heterocycles. The smallest absolute Gasteiger partial charge is 0.279 e. The molecule has 0 radical (unpaired) electrons. The Kier molecular flexibility index (Phi) is 5.76. The number of ether oxygens (including phenoxy) is 1. The average Bonchev–Trinajstić information content (AvgIpc) is 2.88. The summed E-state index contributed by atoms with van der Waals surface area (Å²) in [4.78, 5) is 30.6. The Bertz CT molecular complexity index is 1400. The monoisotopic (exact) mass is 454 g/mol. The Morgan fingerprint density at radius 3 is 2.44 bits per heavy atom. The Balaban J connectivity index is 1.48. The number of hydrogen-bond acceptors (Lipinski definition) is 5. The van der Waals surface area contributed by atoms with Gasteiger partial charge in [0.1, 0.15) is 11.9 Å². The number of amides is 1. The van der Waals surface area contributed by atoms with E-state index in [1.165, 1.54) is 4.68 Å². The first kappa shape index (κ1) is 21.7. The van der Waals surface area contributed by atoms with Crippen molar-refractivity contribution in [2.45, 2.75) is 13.0 Å². The fourth-order valence-corrected chi connectivity index (χ4v) is 4.43. The van der Waals surface area contributed by atoms with Gasteiger partial charge in [-0.3, -0.25) is 9.59 Å². The zero-order valence-corrected chi connectivity index (χ0v) is 19.2. The number of hydrogen-bond donors (Lipinski definition) is 0.